The Balaban J connectivity index is 1.89. The molecule has 0 saturated carbocycles. The van der Waals surface area contributed by atoms with Gasteiger partial charge in [0.15, 0.2) is 0 Å². The Hall–Kier alpha value is -2.33. The minimum absolute atomic E-state index is 0.0675. The van der Waals surface area contributed by atoms with E-state index in [1.807, 2.05) is 12.2 Å². The summed E-state index contributed by atoms with van der Waals surface area (Å²) in [5, 5.41) is 10.6. The van der Waals surface area contributed by atoms with Crippen LogP contribution in [-0.4, -0.2) is 69.3 Å². The fraction of sp³-hybridized carbons (Fsp3) is 0.571. The summed E-state index contributed by atoms with van der Waals surface area (Å²) in [5.41, 5.74) is 0.423. The second-order valence-corrected chi connectivity index (χ2v) is 7.19. The molecule has 0 amide bonds. The van der Waals surface area contributed by atoms with E-state index < -0.39 is 16.5 Å². The third-order valence-electron chi connectivity index (χ3n) is 3.38. The number of carbonyl (C=O) groups excluding carboxylic acids is 1. The highest BCUT2D eigenvalue weighted by atomic mass is 16.6. The molecule has 0 heterocycles. The van der Waals surface area contributed by atoms with Gasteiger partial charge >= 0.3 is 5.97 Å². The molecule has 0 unspecified atom stereocenters. The minimum Gasteiger partial charge on any atom is -0.458 e. The van der Waals surface area contributed by atoms with E-state index in [0.717, 1.165) is 5.56 Å². The van der Waals surface area contributed by atoms with Crippen molar-refractivity contribution in [3.8, 4) is 0 Å². The number of non-ortho nitro benzene ring substituents is 1. The second kappa shape index (κ2) is 14.6. The lowest BCUT2D eigenvalue weighted by molar-refractivity contribution is -0.384. The van der Waals surface area contributed by atoms with Gasteiger partial charge in [0.1, 0.15) is 12.2 Å². The first kappa shape index (κ1) is 25.7. The van der Waals surface area contributed by atoms with E-state index in [0.29, 0.717) is 46.2 Å². The standard InChI is InChI=1S/C21H31NO8/c1-21(2,3)30-20(23)17-29-16-15-28-14-13-27-12-11-26-10-4-5-18-6-8-19(9-7-18)22(24)25/h4-9H,10-17H2,1-3H3/b5-4+. The van der Waals surface area contributed by atoms with Crippen molar-refractivity contribution in [2.75, 3.05) is 52.9 Å². The molecule has 0 aliphatic rings. The number of rotatable bonds is 15. The van der Waals surface area contributed by atoms with Gasteiger partial charge in [0.05, 0.1) is 51.2 Å². The number of hydrogen-bond donors (Lipinski definition) is 0. The van der Waals surface area contributed by atoms with Gasteiger partial charge in [-0.2, -0.15) is 0 Å². The Morgan fingerprint density at radius 2 is 1.47 bits per heavy atom. The van der Waals surface area contributed by atoms with Crippen LogP contribution in [0.2, 0.25) is 0 Å². The lowest BCUT2D eigenvalue weighted by Gasteiger charge is -2.19. The van der Waals surface area contributed by atoms with Crippen molar-refractivity contribution in [1.82, 2.24) is 0 Å². The van der Waals surface area contributed by atoms with E-state index >= 15 is 0 Å². The molecule has 9 nitrogen and oxygen atoms in total. The summed E-state index contributed by atoms with van der Waals surface area (Å²) in [4.78, 5) is 21.6. The molecule has 9 heteroatoms. The number of hydrogen-bond acceptors (Lipinski definition) is 8. The van der Waals surface area contributed by atoms with Gasteiger partial charge in [-0.1, -0.05) is 12.2 Å². The molecule has 0 fully saturated rings. The Morgan fingerprint density at radius 3 is 2.00 bits per heavy atom. The largest absolute Gasteiger partial charge is 0.458 e. The van der Waals surface area contributed by atoms with E-state index in [4.69, 9.17) is 23.7 Å². The smallest absolute Gasteiger partial charge is 0.332 e. The normalized spacial score (nSPS) is 11.7. The van der Waals surface area contributed by atoms with Crippen molar-refractivity contribution in [2.24, 2.45) is 0 Å². The summed E-state index contributed by atoms with van der Waals surface area (Å²) >= 11 is 0. The molecule has 0 aliphatic carbocycles. The maximum atomic E-state index is 11.4. The predicted octanol–water partition coefficient (Wildman–Crippen LogP) is 3.02. The summed E-state index contributed by atoms with van der Waals surface area (Å²) < 4.78 is 26.4. The molecule has 0 aliphatic heterocycles. The summed E-state index contributed by atoms with van der Waals surface area (Å²) in [6, 6.07) is 6.29. The molecule has 0 bridgehead atoms. The molecule has 1 aromatic carbocycles. The zero-order valence-electron chi connectivity index (χ0n) is 17.8. The molecule has 0 saturated heterocycles. The zero-order valence-corrected chi connectivity index (χ0v) is 17.8. The summed E-state index contributed by atoms with van der Waals surface area (Å²) in [6.07, 6.45) is 3.67. The second-order valence-electron chi connectivity index (χ2n) is 7.19. The maximum absolute atomic E-state index is 11.4. The van der Waals surface area contributed by atoms with Crippen LogP contribution in [0.3, 0.4) is 0 Å². The highest BCUT2D eigenvalue weighted by Gasteiger charge is 2.15. The number of carbonyl (C=O) groups is 1. The number of benzene rings is 1. The molecule has 1 rings (SSSR count). The van der Waals surface area contributed by atoms with Gasteiger partial charge in [-0.05, 0) is 38.5 Å². The van der Waals surface area contributed by atoms with Crippen molar-refractivity contribution in [3.05, 3.63) is 46.0 Å². The fourth-order valence-electron chi connectivity index (χ4n) is 2.13. The molecule has 0 atom stereocenters. The van der Waals surface area contributed by atoms with Crippen molar-refractivity contribution in [2.45, 2.75) is 26.4 Å². The molecule has 0 spiro atoms. The van der Waals surface area contributed by atoms with E-state index in [9.17, 15) is 14.9 Å². The SMILES string of the molecule is CC(C)(C)OC(=O)COCCOCCOCCOC/C=C/c1ccc([N+](=O)[O-])cc1. The Kier molecular flexibility index (Phi) is 12.5. The molecule has 0 N–H and O–H groups in total. The van der Waals surface area contributed by atoms with Crippen molar-refractivity contribution < 1.29 is 33.4 Å². The Labute approximate surface area is 177 Å². The zero-order chi connectivity index (χ0) is 22.2. The third-order valence-corrected chi connectivity index (χ3v) is 3.38. The highest BCUT2D eigenvalue weighted by molar-refractivity contribution is 5.71. The first-order valence-corrected chi connectivity index (χ1v) is 9.72. The van der Waals surface area contributed by atoms with Crippen molar-refractivity contribution in [3.63, 3.8) is 0 Å². The van der Waals surface area contributed by atoms with Gasteiger partial charge in [0, 0.05) is 12.1 Å². The number of nitrogens with zero attached hydrogens (tertiary/aromatic N) is 1. The average Bonchev–Trinajstić information content (AvgIpc) is 2.67. The predicted molar refractivity (Wildman–Crippen MR) is 111 cm³/mol. The van der Waals surface area contributed by atoms with Crippen LogP contribution in [0.15, 0.2) is 30.3 Å². The Bertz CT molecular complexity index is 652. The first-order chi connectivity index (χ1) is 14.3. The molecule has 1 aromatic rings. The highest BCUT2D eigenvalue weighted by Crippen LogP contribution is 2.12. The van der Waals surface area contributed by atoms with Crippen LogP contribution in [0.1, 0.15) is 26.3 Å². The molecular weight excluding hydrogens is 394 g/mol. The monoisotopic (exact) mass is 425 g/mol. The quantitative estimate of drug-likeness (QED) is 0.183. The van der Waals surface area contributed by atoms with Gasteiger partial charge < -0.3 is 23.7 Å². The van der Waals surface area contributed by atoms with Crippen LogP contribution in [-0.2, 0) is 28.5 Å². The summed E-state index contributed by atoms with van der Waals surface area (Å²) in [6.45, 7) is 8.18. The maximum Gasteiger partial charge on any atom is 0.332 e. The van der Waals surface area contributed by atoms with Crippen LogP contribution in [0.5, 0.6) is 0 Å². The molecular formula is C21H31NO8. The van der Waals surface area contributed by atoms with Gasteiger partial charge in [0.25, 0.3) is 5.69 Å². The summed E-state index contributed by atoms with van der Waals surface area (Å²) in [7, 11) is 0. The lowest BCUT2D eigenvalue weighted by atomic mass is 10.2. The third kappa shape index (κ3) is 13.8. The van der Waals surface area contributed by atoms with Gasteiger partial charge in [-0.3, -0.25) is 10.1 Å². The summed E-state index contributed by atoms with van der Waals surface area (Å²) in [5.74, 6) is -0.395. The van der Waals surface area contributed by atoms with Gasteiger partial charge in [0.2, 0.25) is 0 Å². The van der Waals surface area contributed by atoms with E-state index in [1.54, 1.807) is 32.9 Å². The van der Waals surface area contributed by atoms with Gasteiger partial charge in [-0.25, -0.2) is 4.79 Å². The number of nitro benzene ring substituents is 1. The van der Waals surface area contributed by atoms with E-state index in [-0.39, 0.29) is 12.3 Å². The van der Waals surface area contributed by atoms with Crippen LogP contribution in [0, 0.1) is 10.1 Å². The lowest BCUT2D eigenvalue weighted by Crippen LogP contribution is -2.27. The fourth-order valence-corrected chi connectivity index (χ4v) is 2.13. The van der Waals surface area contributed by atoms with Gasteiger partial charge in [-0.15, -0.1) is 0 Å². The molecule has 0 aromatic heterocycles. The number of ether oxygens (including phenoxy) is 5. The number of nitro groups is 1. The molecule has 0 radical (unpaired) electrons. The minimum atomic E-state index is -0.512. The molecule has 30 heavy (non-hydrogen) atoms. The number of esters is 1. The Morgan fingerprint density at radius 1 is 0.933 bits per heavy atom. The van der Waals surface area contributed by atoms with Crippen LogP contribution in [0.4, 0.5) is 5.69 Å². The van der Waals surface area contributed by atoms with Crippen LogP contribution in [0.25, 0.3) is 6.08 Å². The average molecular weight is 425 g/mol. The first-order valence-electron chi connectivity index (χ1n) is 9.72. The van der Waals surface area contributed by atoms with Crippen LogP contribution >= 0.6 is 0 Å². The van der Waals surface area contributed by atoms with E-state index in [1.165, 1.54) is 12.1 Å². The van der Waals surface area contributed by atoms with Crippen molar-refractivity contribution in [1.29, 1.82) is 0 Å². The van der Waals surface area contributed by atoms with E-state index in [2.05, 4.69) is 0 Å². The molecule has 168 valence electrons. The van der Waals surface area contributed by atoms with Crippen molar-refractivity contribution >= 4 is 17.7 Å². The topological polar surface area (TPSA) is 106 Å². The van der Waals surface area contributed by atoms with Crippen LogP contribution < -0.4 is 0 Å².